The van der Waals surface area contributed by atoms with Gasteiger partial charge in [-0.2, -0.15) is 0 Å². The van der Waals surface area contributed by atoms with Crippen LogP contribution >= 0.6 is 24.4 Å². The van der Waals surface area contributed by atoms with Crippen LogP contribution in [0.5, 0.6) is 0 Å². The van der Waals surface area contributed by atoms with Gasteiger partial charge in [0, 0.05) is 47.2 Å². The molecule has 0 unspecified atom stereocenters. The van der Waals surface area contributed by atoms with E-state index in [9.17, 15) is 0 Å². The van der Waals surface area contributed by atoms with Gasteiger partial charge in [0.15, 0.2) is 0 Å². The Labute approximate surface area is 576 Å². The van der Waals surface area contributed by atoms with E-state index < -0.39 is 0 Å². The van der Waals surface area contributed by atoms with Gasteiger partial charge >= 0.3 is 0 Å². The van der Waals surface area contributed by atoms with Crippen LogP contribution in [0.2, 0.25) is 0 Å². The molecule has 0 radical (unpaired) electrons. The van der Waals surface area contributed by atoms with Crippen molar-refractivity contribution in [3.63, 3.8) is 0 Å². The Morgan fingerprint density at radius 1 is 0.193 bits per heavy atom. The largest absolute Gasteiger partial charge is 2.00 e. The number of unbranched alkanes of at least 4 members (excludes halogenated alkanes) is 60. The van der Waals surface area contributed by atoms with Crippen LogP contribution in [0.15, 0.2) is 0 Å². The summed E-state index contributed by atoms with van der Waals surface area (Å²) >= 11 is 21.5. The Kier molecular flexibility index (Phi) is 96.3. The minimum atomic E-state index is 0. The quantitative estimate of drug-likeness (QED) is 0.0257. The Hall–Kier alpha value is 1.61. The first kappa shape index (κ1) is 93.3. The van der Waals surface area contributed by atoms with Crippen molar-refractivity contribution in [3.8, 4) is 0 Å². The summed E-state index contributed by atoms with van der Waals surface area (Å²) in [5.74, 6) is 0. The fourth-order valence-corrected chi connectivity index (χ4v) is 12.7. The fourth-order valence-electron chi connectivity index (χ4n) is 12.0. The molecule has 0 N–H and O–H groups in total. The van der Waals surface area contributed by atoms with Gasteiger partial charge in [-0.25, -0.2) is 0 Å². The Morgan fingerprint density at radius 2 is 0.277 bits per heavy atom. The second-order valence-corrected chi connectivity index (χ2v) is 27.8. The third kappa shape index (κ3) is 83.6. The van der Waals surface area contributed by atoms with E-state index in [1.54, 1.807) is 0 Å². The van der Waals surface area contributed by atoms with Gasteiger partial charge in [-0.15, -0.1) is 0 Å². The zero-order valence-electron chi connectivity index (χ0n) is 56.8. The molecular formula is C74H148MoN2S6-6. The third-order valence-corrected chi connectivity index (χ3v) is 18.7. The maximum absolute atomic E-state index is 5.38. The van der Waals surface area contributed by atoms with Crippen molar-refractivity contribution in [2.75, 3.05) is 26.2 Å². The molecule has 0 aliphatic carbocycles. The van der Waals surface area contributed by atoms with Crippen LogP contribution in [-0.4, -0.2) is 44.6 Å². The maximum Gasteiger partial charge on any atom is 0.0162 e. The van der Waals surface area contributed by atoms with Crippen molar-refractivity contribution >= 4 is 85.3 Å². The molecular weight excluding hydrogens is 1210 g/mol. The van der Waals surface area contributed by atoms with Gasteiger partial charge in [0.05, 0.1) is 0 Å². The Balaban J connectivity index is -0.000000472. The number of thiocarbonyl (C=S) groups is 2. The van der Waals surface area contributed by atoms with Crippen molar-refractivity contribution in [2.45, 2.75) is 439 Å². The van der Waals surface area contributed by atoms with Crippen LogP contribution in [0, 0.1) is 0 Å². The van der Waals surface area contributed by atoms with E-state index in [2.05, 4.69) is 37.5 Å². The summed E-state index contributed by atoms with van der Waals surface area (Å²) in [6.45, 7) is 13.5. The Morgan fingerprint density at radius 3 is 0.361 bits per heavy atom. The van der Waals surface area contributed by atoms with E-state index >= 15 is 0 Å². The number of nitrogens with zero attached hydrogens (tertiary/aromatic N) is 2. The van der Waals surface area contributed by atoms with Crippen LogP contribution in [0.4, 0.5) is 0 Å². The summed E-state index contributed by atoms with van der Waals surface area (Å²) in [6.07, 6.45) is 91.0. The van der Waals surface area contributed by atoms with E-state index in [4.69, 9.17) is 49.7 Å². The first-order chi connectivity index (χ1) is 39.4. The van der Waals surface area contributed by atoms with Crippen molar-refractivity contribution < 1.29 is 21.1 Å². The molecule has 0 heterocycles. The first-order valence-electron chi connectivity index (χ1n) is 37.4. The average Bonchev–Trinajstić information content (AvgIpc) is 3.45. The first-order valence-corrected chi connectivity index (χ1v) is 39.0. The summed E-state index contributed by atoms with van der Waals surface area (Å²) in [5, 5.41) is 0. The molecule has 0 amide bonds. The molecule has 9 heteroatoms. The van der Waals surface area contributed by atoms with E-state index in [1.807, 2.05) is 0 Å². The zero-order chi connectivity index (χ0) is 58.4. The van der Waals surface area contributed by atoms with Crippen LogP contribution in [0.3, 0.4) is 0 Å². The Bertz CT molecular complexity index is 991. The molecule has 83 heavy (non-hydrogen) atoms. The topological polar surface area (TPSA) is 6.48 Å². The molecule has 0 rings (SSSR count). The minimum absolute atomic E-state index is 0. The molecule has 2 nitrogen and oxygen atoms in total. The smallest absolute Gasteiger partial charge is 0.0162 e. The van der Waals surface area contributed by atoms with Gasteiger partial charge in [-0.05, 0) is 25.7 Å². The molecule has 0 fully saturated rings. The predicted octanol–water partition coefficient (Wildman–Crippen LogP) is 27.3. The van der Waals surface area contributed by atoms with Crippen LogP contribution in [0.1, 0.15) is 439 Å². The fraction of sp³-hybridized carbons (Fsp3) is 0.973. The van der Waals surface area contributed by atoms with Crippen molar-refractivity contribution in [1.82, 2.24) is 9.80 Å². The molecule has 502 valence electrons. The van der Waals surface area contributed by atoms with Gasteiger partial charge < -0.3 is 86.5 Å². The monoisotopic (exact) mass is 1350 g/mol. The van der Waals surface area contributed by atoms with Crippen molar-refractivity contribution in [3.05, 3.63) is 0 Å². The second-order valence-electron chi connectivity index (χ2n) is 25.7. The third-order valence-electron chi connectivity index (χ3n) is 17.6. The summed E-state index contributed by atoms with van der Waals surface area (Å²) in [4.78, 5) is 4.61. The molecule has 0 saturated heterocycles. The van der Waals surface area contributed by atoms with Gasteiger partial charge in [0.25, 0.3) is 0 Å². The van der Waals surface area contributed by atoms with Crippen molar-refractivity contribution in [2.24, 2.45) is 0 Å². The standard InChI is InChI=1S/2C37H75NS2.Mo.2S/c2*1-3-5-7-9-11-13-15-17-19-21-23-25-27-29-31-33-35-38(37(39)40)36-34-32-30-28-26-24-22-20-18-16-14-12-10-8-6-4-2;;;/h2*3-36H2,1-2H3,(H,39,40);;;/q;;;2*-2/p-2. The normalized spacial score (nSPS) is 10.9. The van der Waals surface area contributed by atoms with E-state index in [-0.39, 0.29) is 48.1 Å². The van der Waals surface area contributed by atoms with Gasteiger partial charge in [-0.3, -0.25) is 0 Å². The van der Waals surface area contributed by atoms with Gasteiger partial charge in [-0.1, -0.05) is 422 Å². The molecule has 0 aromatic heterocycles. The SMILES string of the molecule is CCCCCCCCCCCCCCCCCCN(CCCCCCCCCCCCCCCCCC)C(=S)[S-].CCCCCCCCCCCCCCCCCCN(CCCCCCCCCCCCCCCCCC)C(=S)[S-].[Mo].[S-2].[S-2]. The molecule has 0 aliphatic heterocycles. The summed E-state index contributed by atoms with van der Waals surface area (Å²) < 4.78 is 1.39. The summed E-state index contributed by atoms with van der Waals surface area (Å²) in [6, 6.07) is 0. The van der Waals surface area contributed by atoms with E-state index in [0.29, 0.717) is 8.64 Å². The zero-order valence-corrected chi connectivity index (χ0v) is 63.7. The van der Waals surface area contributed by atoms with E-state index in [1.165, 1.54) is 411 Å². The van der Waals surface area contributed by atoms with Crippen LogP contribution in [-0.2, 0) is 73.3 Å². The average molecular weight is 1350 g/mol. The van der Waals surface area contributed by atoms with Crippen molar-refractivity contribution in [1.29, 1.82) is 0 Å². The number of hydrogen-bond acceptors (Lipinski definition) is 4. The second kappa shape index (κ2) is 85.7. The molecule has 0 aromatic carbocycles. The minimum Gasteiger partial charge on any atom is -2.00 e. The van der Waals surface area contributed by atoms with Gasteiger partial charge in [0.2, 0.25) is 0 Å². The molecule has 0 aliphatic rings. The predicted molar refractivity (Wildman–Crippen MR) is 396 cm³/mol. The molecule has 0 aromatic rings. The maximum atomic E-state index is 5.38. The van der Waals surface area contributed by atoms with Crippen LogP contribution in [0.25, 0.3) is 0 Å². The summed E-state index contributed by atoms with van der Waals surface area (Å²) in [5.41, 5.74) is 0. The number of rotatable bonds is 68. The van der Waals surface area contributed by atoms with Crippen LogP contribution < -0.4 is 0 Å². The number of hydrogen-bond donors (Lipinski definition) is 0. The van der Waals surface area contributed by atoms with E-state index in [0.717, 1.165) is 26.2 Å². The molecule has 0 saturated carbocycles. The van der Waals surface area contributed by atoms with Gasteiger partial charge in [0.1, 0.15) is 0 Å². The summed E-state index contributed by atoms with van der Waals surface area (Å²) in [7, 11) is 0. The molecule has 0 spiro atoms. The molecule has 0 bridgehead atoms. The molecule has 0 atom stereocenters.